The minimum atomic E-state index is -0.445. The molecule has 0 amide bonds. The van der Waals surface area contributed by atoms with E-state index in [1.807, 2.05) is 0 Å². The molecule has 4 heteroatoms. The van der Waals surface area contributed by atoms with Crippen LogP contribution in [0.25, 0.3) is 0 Å². The summed E-state index contributed by atoms with van der Waals surface area (Å²) in [5.74, 6) is 4.44. The zero-order chi connectivity index (χ0) is 27.5. The molecule has 0 aromatic carbocycles. The van der Waals surface area contributed by atoms with Crippen molar-refractivity contribution in [1.82, 2.24) is 0 Å². The topological polar surface area (TPSA) is 52.6 Å². The van der Waals surface area contributed by atoms with Crippen LogP contribution >= 0.6 is 0 Å². The minimum Gasteiger partial charge on any atom is -0.463 e. The van der Waals surface area contributed by atoms with Gasteiger partial charge < -0.3 is 9.47 Å². The molecule has 0 saturated heterocycles. The van der Waals surface area contributed by atoms with E-state index >= 15 is 0 Å². The first-order valence-electron chi connectivity index (χ1n) is 15.8. The SMILES string of the molecule is C=CC(=O)OCCCC(=O)O[C@H]1CC[C@@]2(C)C(=CC[C@H]3[C@@H]4CC[C@H]([C@H](C)CCCC(C)C)[C@@]4(C)CC[C@@H]32)C1. The predicted octanol–water partition coefficient (Wildman–Crippen LogP) is 8.45. The minimum absolute atomic E-state index is 0.00879. The monoisotopic (exact) mass is 526 g/mol. The Bertz CT molecular complexity index is 889. The van der Waals surface area contributed by atoms with Gasteiger partial charge in [0.05, 0.1) is 6.61 Å². The van der Waals surface area contributed by atoms with Gasteiger partial charge in [-0.05, 0) is 97.7 Å². The van der Waals surface area contributed by atoms with E-state index in [1.54, 1.807) is 5.57 Å². The molecule has 0 N–H and O–H groups in total. The van der Waals surface area contributed by atoms with Crippen LogP contribution in [0.15, 0.2) is 24.3 Å². The summed E-state index contributed by atoms with van der Waals surface area (Å²) in [4.78, 5) is 23.6. The standard InChI is InChI=1S/C34H54O4/c1-7-31(35)37-21-9-12-32(36)38-26-17-19-33(5)25(22-26)13-14-27-29-16-15-28(24(4)11-8-10-23(2)3)34(29,6)20-18-30(27)33/h7,13,23-24,26-30H,1,8-12,14-22H2,2-6H3/t24-,26+,27+,28-,29+,30+,33+,34-/m1/s1. The van der Waals surface area contributed by atoms with Crippen molar-refractivity contribution in [3.8, 4) is 0 Å². The van der Waals surface area contributed by atoms with Gasteiger partial charge in [-0.1, -0.05) is 72.1 Å². The average Bonchev–Trinajstić information content (AvgIpc) is 3.23. The normalized spacial score (nSPS) is 36.9. The number of esters is 2. The van der Waals surface area contributed by atoms with E-state index in [1.165, 1.54) is 51.4 Å². The quantitative estimate of drug-likeness (QED) is 0.117. The molecule has 38 heavy (non-hydrogen) atoms. The zero-order valence-corrected chi connectivity index (χ0v) is 24.9. The summed E-state index contributed by atoms with van der Waals surface area (Å²) in [6.07, 6.45) is 18.5. The molecule has 4 aliphatic rings. The molecule has 0 unspecified atom stereocenters. The molecule has 0 aliphatic heterocycles. The highest BCUT2D eigenvalue weighted by Crippen LogP contribution is 2.67. The summed E-state index contributed by atoms with van der Waals surface area (Å²) in [7, 11) is 0. The molecule has 0 radical (unpaired) electrons. The molecule has 0 bridgehead atoms. The van der Waals surface area contributed by atoms with Gasteiger partial charge in [0.25, 0.3) is 0 Å². The van der Waals surface area contributed by atoms with E-state index in [4.69, 9.17) is 9.47 Å². The van der Waals surface area contributed by atoms with E-state index in [-0.39, 0.29) is 24.1 Å². The summed E-state index contributed by atoms with van der Waals surface area (Å²) < 4.78 is 10.9. The number of hydrogen-bond donors (Lipinski definition) is 0. The molecule has 3 saturated carbocycles. The highest BCUT2D eigenvalue weighted by molar-refractivity contribution is 5.81. The van der Waals surface area contributed by atoms with E-state index < -0.39 is 5.97 Å². The third kappa shape index (κ3) is 6.09. The summed E-state index contributed by atoms with van der Waals surface area (Å²) in [5.41, 5.74) is 2.35. The van der Waals surface area contributed by atoms with Crippen molar-refractivity contribution in [3.63, 3.8) is 0 Å². The smallest absolute Gasteiger partial charge is 0.330 e. The maximum Gasteiger partial charge on any atom is 0.330 e. The Kier molecular flexibility index (Phi) is 9.51. The first-order chi connectivity index (χ1) is 18.1. The van der Waals surface area contributed by atoms with Crippen molar-refractivity contribution in [1.29, 1.82) is 0 Å². The molecule has 0 aromatic heterocycles. The second-order valence-electron chi connectivity index (χ2n) is 14.1. The first-order valence-corrected chi connectivity index (χ1v) is 15.8. The van der Waals surface area contributed by atoms with Crippen molar-refractivity contribution < 1.29 is 19.1 Å². The molecule has 214 valence electrons. The number of rotatable bonds is 11. The number of fused-ring (bicyclic) bond motifs is 5. The van der Waals surface area contributed by atoms with Crippen molar-refractivity contribution in [3.05, 3.63) is 24.3 Å². The summed E-state index contributed by atoms with van der Waals surface area (Å²) >= 11 is 0. The molecular weight excluding hydrogens is 472 g/mol. The van der Waals surface area contributed by atoms with Gasteiger partial charge >= 0.3 is 11.9 Å². The van der Waals surface area contributed by atoms with E-state index in [2.05, 4.69) is 47.3 Å². The van der Waals surface area contributed by atoms with Crippen LogP contribution in [0.1, 0.15) is 118 Å². The fraction of sp³-hybridized carbons (Fsp3) is 0.824. The van der Waals surface area contributed by atoms with Crippen LogP contribution in [-0.2, 0) is 19.1 Å². The van der Waals surface area contributed by atoms with Crippen molar-refractivity contribution in [2.45, 2.75) is 124 Å². The number of hydrogen-bond acceptors (Lipinski definition) is 4. The Morgan fingerprint density at radius 3 is 2.58 bits per heavy atom. The number of carbonyl (C=O) groups is 2. The van der Waals surface area contributed by atoms with Crippen molar-refractivity contribution in [2.24, 2.45) is 46.3 Å². The fourth-order valence-electron chi connectivity index (χ4n) is 9.45. The fourth-order valence-corrected chi connectivity index (χ4v) is 9.45. The van der Waals surface area contributed by atoms with Crippen LogP contribution in [0.5, 0.6) is 0 Å². The van der Waals surface area contributed by atoms with Gasteiger partial charge in [0.1, 0.15) is 6.10 Å². The maximum absolute atomic E-state index is 12.4. The predicted molar refractivity (Wildman–Crippen MR) is 153 cm³/mol. The Hall–Kier alpha value is -1.58. The molecular formula is C34H54O4. The third-order valence-corrected chi connectivity index (χ3v) is 11.5. The first kappa shape index (κ1) is 29.4. The van der Waals surface area contributed by atoms with E-state index in [0.717, 1.165) is 60.8 Å². The van der Waals surface area contributed by atoms with Crippen LogP contribution in [0.2, 0.25) is 0 Å². The molecule has 4 aliphatic carbocycles. The van der Waals surface area contributed by atoms with Gasteiger partial charge in [0.15, 0.2) is 0 Å². The highest BCUT2D eigenvalue weighted by atomic mass is 16.5. The molecule has 3 fully saturated rings. The Morgan fingerprint density at radius 2 is 1.84 bits per heavy atom. The second kappa shape index (κ2) is 12.3. The summed E-state index contributed by atoms with van der Waals surface area (Å²) in [6, 6.07) is 0. The Morgan fingerprint density at radius 1 is 1.05 bits per heavy atom. The van der Waals surface area contributed by atoms with Crippen LogP contribution in [-0.4, -0.2) is 24.6 Å². The molecule has 8 atom stereocenters. The van der Waals surface area contributed by atoms with Gasteiger partial charge in [-0.15, -0.1) is 0 Å². The number of carbonyl (C=O) groups excluding carboxylic acids is 2. The number of ether oxygens (including phenoxy) is 2. The summed E-state index contributed by atoms with van der Waals surface area (Å²) in [6.45, 7) is 16.1. The lowest BCUT2D eigenvalue weighted by molar-refractivity contribution is -0.152. The average molecular weight is 527 g/mol. The lowest BCUT2D eigenvalue weighted by Gasteiger charge is -2.58. The zero-order valence-electron chi connectivity index (χ0n) is 24.9. The lowest BCUT2D eigenvalue weighted by Crippen LogP contribution is -2.51. The molecule has 4 nitrogen and oxygen atoms in total. The number of allylic oxidation sites excluding steroid dienone is 1. The van der Waals surface area contributed by atoms with Crippen LogP contribution in [0.4, 0.5) is 0 Å². The van der Waals surface area contributed by atoms with Crippen LogP contribution in [0, 0.1) is 46.3 Å². The van der Waals surface area contributed by atoms with Gasteiger partial charge in [0.2, 0.25) is 0 Å². The molecule has 4 rings (SSSR count). The molecule has 0 heterocycles. The largest absolute Gasteiger partial charge is 0.463 e. The highest BCUT2D eigenvalue weighted by Gasteiger charge is 2.59. The van der Waals surface area contributed by atoms with E-state index in [0.29, 0.717) is 18.3 Å². The molecule has 0 spiro atoms. The lowest BCUT2D eigenvalue weighted by atomic mass is 9.47. The van der Waals surface area contributed by atoms with Crippen molar-refractivity contribution in [2.75, 3.05) is 6.61 Å². The van der Waals surface area contributed by atoms with Crippen LogP contribution < -0.4 is 0 Å². The van der Waals surface area contributed by atoms with Gasteiger partial charge in [-0.3, -0.25) is 4.79 Å². The summed E-state index contributed by atoms with van der Waals surface area (Å²) in [5, 5.41) is 0. The Balaban J connectivity index is 1.33. The Labute approximate surface area is 232 Å². The molecule has 0 aromatic rings. The van der Waals surface area contributed by atoms with Gasteiger partial charge in [0, 0.05) is 18.9 Å². The second-order valence-corrected chi connectivity index (χ2v) is 14.1. The van der Waals surface area contributed by atoms with E-state index in [9.17, 15) is 9.59 Å². The van der Waals surface area contributed by atoms with Gasteiger partial charge in [-0.25, -0.2) is 4.79 Å². The van der Waals surface area contributed by atoms with Crippen molar-refractivity contribution >= 4 is 11.9 Å². The van der Waals surface area contributed by atoms with Crippen LogP contribution in [0.3, 0.4) is 0 Å². The van der Waals surface area contributed by atoms with Gasteiger partial charge in [-0.2, -0.15) is 0 Å². The maximum atomic E-state index is 12.4. The third-order valence-electron chi connectivity index (χ3n) is 11.5.